The minimum atomic E-state index is -3.77. The van der Waals surface area contributed by atoms with Gasteiger partial charge in [-0.25, -0.2) is 13.1 Å². The molecule has 2 aromatic carbocycles. The molecule has 0 fully saturated rings. The van der Waals surface area contributed by atoms with Gasteiger partial charge in [0.25, 0.3) is 0 Å². The van der Waals surface area contributed by atoms with E-state index in [2.05, 4.69) is 10.0 Å². The van der Waals surface area contributed by atoms with Gasteiger partial charge >= 0.3 is 0 Å². The topological polar surface area (TPSA) is 93.7 Å². The molecule has 0 bridgehead atoms. The van der Waals surface area contributed by atoms with Gasteiger partial charge in [0.05, 0.1) is 25.7 Å². The van der Waals surface area contributed by atoms with Gasteiger partial charge in [-0.2, -0.15) is 0 Å². The van der Waals surface area contributed by atoms with Gasteiger partial charge in [0.2, 0.25) is 15.9 Å². The largest absolute Gasteiger partial charge is 0.497 e. The van der Waals surface area contributed by atoms with Crippen LogP contribution in [0.2, 0.25) is 0 Å². The number of amides is 1. The molecule has 0 aliphatic carbocycles. The molecule has 0 atom stereocenters. The second-order valence-corrected chi connectivity index (χ2v) is 7.67. The lowest BCUT2D eigenvalue weighted by Crippen LogP contribution is -2.37. The Kier molecular flexibility index (Phi) is 7.20. The van der Waals surface area contributed by atoms with Gasteiger partial charge in [-0.15, -0.1) is 0 Å². The van der Waals surface area contributed by atoms with E-state index in [0.29, 0.717) is 24.3 Å². The summed E-state index contributed by atoms with van der Waals surface area (Å²) in [6.45, 7) is 1.82. The number of carbonyl (C=O) groups is 1. The van der Waals surface area contributed by atoms with Crippen LogP contribution >= 0.6 is 0 Å². The zero-order valence-electron chi connectivity index (χ0n) is 15.6. The number of hydrogen-bond donors (Lipinski definition) is 2. The fourth-order valence-electron chi connectivity index (χ4n) is 2.50. The highest BCUT2D eigenvalue weighted by Gasteiger charge is 2.16. The number of hydrogen-bond acceptors (Lipinski definition) is 5. The van der Waals surface area contributed by atoms with Gasteiger partial charge in [-0.05, 0) is 54.8 Å². The molecule has 1 amide bonds. The third-order valence-corrected chi connectivity index (χ3v) is 5.37. The molecule has 146 valence electrons. The van der Waals surface area contributed by atoms with E-state index in [0.717, 1.165) is 11.3 Å². The summed E-state index contributed by atoms with van der Waals surface area (Å²) in [6.07, 6.45) is 0.618. The molecule has 2 aromatic rings. The van der Waals surface area contributed by atoms with Crippen molar-refractivity contribution >= 4 is 15.9 Å². The zero-order chi connectivity index (χ0) is 19.9. The molecule has 7 nitrogen and oxygen atoms in total. The van der Waals surface area contributed by atoms with E-state index < -0.39 is 15.9 Å². The van der Waals surface area contributed by atoms with E-state index in [1.165, 1.54) is 19.2 Å². The molecular formula is C19H24N2O5S. The van der Waals surface area contributed by atoms with E-state index >= 15 is 0 Å². The fraction of sp³-hybridized carbons (Fsp3) is 0.316. The SMILES string of the molecule is COc1cccc(CCNC(=O)CNS(=O)(=O)c2ccc(OC)c(C)c2)c1. The van der Waals surface area contributed by atoms with Crippen LogP contribution in [0.4, 0.5) is 0 Å². The van der Waals surface area contributed by atoms with Crippen molar-refractivity contribution in [3.8, 4) is 11.5 Å². The molecule has 0 saturated carbocycles. The first kappa shape index (κ1) is 20.7. The molecule has 0 spiro atoms. The summed E-state index contributed by atoms with van der Waals surface area (Å²) in [4.78, 5) is 12.0. The Balaban J connectivity index is 1.84. The van der Waals surface area contributed by atoms with Gasteiger partial charge in [0.15, 0.2) is 0 Å². The molecule has 0 unspecified atom stereocenters. The lowest BCUT2D eigenvalue weighted by Gasteiger charge is -2.10. The van der Waals surface area contributed by atoms with E-state index in [-0.39, 0.29) is 11.4 Å². The van der Waals surface area contributed by atoms with Crippen LogP contribution in [0.3, 0.4) is 0 Å². The Hall–Kier alpha value is -2.58. The number of methoxy groups -OCH3 is 2. The second kappa shape index (κ2) is 9.38. The van der Waals surface area contributed by atoms with Gasteiger partial charge in [0.1, 0.15) is 11.5 Å². The predicted molar refractivity (Wildman–Crippen MR) is 103 cm³/mol. The molecule has 2 rings (SSSR count). The van der Waals surface area contributed by atoms with Crippen molar-refractivity contribution in [1.82, 2.24) is 10.0 Å². The number of ether oxygens (including phenoxy) is 2. The average Bonchev–Trinajstić information content (AvgIpc) is 2.66. The lowest BCUT2D eigenvalue weighted by atomic mass is 10.1. The number of carbonyl (C=O) groups excluding carboxylic acids is 1. The van der Waals surface area contributed by atoms with Crippen molar-refractivity contribution < 1.29 is 22.7 Å². The third kappa shape index (κ3) is 5.97. The summed E-state index contributed by atoms with van der Waals surface area (Å²) < 4.78 is 37.2. The van der Waals surface area contributed by atoms with Crippen LogP contribution in [-0.4, -0.2) is 41.6 Å². The maximum absolute atomic E-state index is 12.3. The Bertz CT molecular complexity index is 897. The molecule has 0 aliphatic rings. The van der Waals surface area contributed by atoms with Gasteiger partial charge in [-0.1, -0.05) is 12.1 Å². The van der Waals surface area contributed by atoms with Crippen LogP contribution in [0, 0.1) is 6.92 Å². The Morgan fingerprint density at radius 2 is 1.85 bits per heavy atom. The normalized spacial score (nSPS) is 11.1. The van der Waals surface area contributed by atoms with Gasteiger partial charge < -0.3 is 14.8 Å². The lowest BCUT2D eigenvalue weighted by molar-refractivity contribution is -0.119. The van der Waals surface area contributed by atoms with Crippen molar-refractivity contribution in [2.45, 2.75) is 18.2 Å². The number of aryl methyl sites for hydroxylation is 1. The molecule has 0 heterocycles. The Labute approximate surface area is 159 Å². The summed E-state index contributed by atoms with van der Waals surface area (Å²) in [6, 6.07) is 12.1. The molecule has 0 aliphatic heterocycles. The number of nitrogens with one attached hydrogen (secondary N) is 2. The first-order valence-corrected chi connectivity index (χ1v) is 9.88. The maximum Gasteiger partial charge on any atom is 0.241 e. The third-order valence-electron chi connectivity index (χ3n) is 3.97. The van der Waals surface area contributed by atoms with Gasteiger partial charge in [0, 0.05) is 6.54 Å². The predicted octanol–water partition coefficient (Wildman–Crippen LogP) is 1.65. The number of rotatable bonds is 9. The fourth-order valence-corrected chi connectivity index (χ4v) is 3.57. The van der Waals surface area contributed by atoms with E-state index in [9.17, 15) is 13.2 Å². The summed E-state index contributed by atoms with van der Waals surface area (Å²) in [5, 5.41) is 2.70. The summed E-state index contributed by atoms with van der Waals surface area (Å²) in [5.74, 6) is 0.956. The summed E-state index contributed by atoms with van der Waals surface area (Å²) in [5.41, 5.74) is 1.71. The highest BCUT2D eigenvalue weighted by Crippen LogP contribution is 2.21. The smallest absolute Gasteiger partial charge is 0.241 e. The quantitative estimate of drug-likeness (QED) is 0.677. The minimum Gasteiger partial charge on any atom is -0.497 e. The molecular weight excluding hydrogens is 368 g/mol. The summed E-state index contributed by atoms with van der Waals surface area (Å²) >= 11 is 0. The van der Waals surface area contributed by atoms with Crippen LogP contribution < -0.4 is 19.5 Å². The van der Waals surface area contributed by atoms with E-state index in [4.69, 9.17) is 9.47 Å². The van der Waals surface area contributed by atoms with Crippen molar-refractivity contribution in [2.75, 3.05) is 27.3 Å². The van der Waals surface area contributed by atoms with Crippen molar-refractivity contribution in [3.05, 3.63) is 53.6 Å². The average molecular weight is 392 g/mol. The molecule has 0 aromatic heterocycles. The first-order chi connectivity index (χ1) is 12.9. The Morgan fingerprint density at radius 3 is 2.52 bits per heavy atom. The van der Waals surface area contributed by atoms with Crippen molar-refractivity contribution in [3.63, 3.8) is 0 Å². The Morgan fingerprint density at radius 1 is 1.07 bits per heavy atom. The van der Waals surface area contributed by atoms with Crippen LogP contribution in [0.15, 0.2) is 47.4 Å². The van der Waals surface area contributed by atoms with Gasteiger partial charge in [-0.3, -0.25) is 4.79 Å². The number of sulfonamides is 1. The van der Waals surface area contributed by atoms with Crippen molar-refractivity contribution in [2.24, 2.45) is 0 Å². The maximum atomic E-state index is 12.3. The van der Waals surface area contributed by atoms with Crippen LogP contribution in [-0.2, 0) is 21.2 Å². The van der Waals surface area contributed by atoms with Crippen LogP contribution in [0.5, 0.6) is 11.5 Å². The molecule has 0 radical (unpaired) electrons. The second-order valence-electron chi connectivity index (χ2n) is 5.91. The highest BCUT2D eigenvalue weighted by molar-refractivity contribution is 7.89. The molecule has 8 heteroatoms. The van der Waals surface area contributed by atoms with E-state index in [1.54, 1.807) is 20.1 Å². The molecule has 0 saturated heterocycles. The van der Waals surface area contributed by atoms with E-state index in [1.807, 2.05) is 24.3 Å². The number of benzene rings is 2. The molecule has 27 heavy (non-hydrogen) atoms. The zero-order valence-corrected chi connectivity index (χ0v) is 16.4. The minimum absolute atomic E-state index is 0.0879. The summed E-state index contributed by atoms with van der Waals surface area (Å²) in [7, 11) is -0.659. The standard InChI is InChI=1S/C19H24N2O5S/c1-14-11-17(7-8-18(14)26-3)27(23,24)21-13-19(22)20-10-9-15-5-4-6-16(12-15)25-2/h4-8,11-12,21H,9-10,13H2,1-3H3,(H,20,22). The molecule has 2 N–H and O–H groups in total. The first-order valence-electron chi connectivity index (χ1n) is 8.39. The van der Waals surface area contributed by atoms with Crippen molar-refractivity contribution in [1.29, 1.82) is 0 Å². The van der Waals surface area contributed by atoms with Crippen LogP contribution in [0.25, 0.3) is 0 Å². The monoisotopic (exact) mass is 392 g/mol. The highest BCUT2D eigenvalue weighted by atomic mass is 32.2. The van der Waals surface area contributed by atoms with Crippen LogP contribution in [0.1, 0.15) is 11.1 Å².